The Morgan fingerprint density at radius 3 is 2.80 bits per heavy atom. The van der Waals surface area contributed by atoms with Crippen LogP contribution >= 0.6 is 11.3 Å². The fourth-order valence-corrected chi connectivity index (χ4v) is 3.07. The smallest absolute Gasteiger partial charge is 0.361 e. The first kappa shape index (κ1) is 15.2. The SMILES string of the molecule is CS(=O)CCCNc1nc2cc(C(F)(F)F)ccc2s1. The van der Waals surface area contributed by atoms with E-state index in [0.717, 1.165) is 18.6 Å². The largest absolute Gasteiger partial charge is 0.416 e. The van der Waals surface area contributed by atoms with Crippen LogP contribution in [0.1, 0.15) is 12.0 Å². The van der Waals surface area contributed by atoms with Crippen molar-refractivity contribution in [1.29, 1.82) is 0 Å². The maximum absolute atomic E-state index is 12.6. The molecule has 2 rings (SSSR count). The van der Waals surface area contributed by atoms with Gasteiger partial charge in [-0.2, -0.15) is 13.2 Å². The molecule has 0 saturated carbocycles. The standard InChI is InChI=1S/C12H13F3N2OS2/c1-20(18)6-2-5-16-11-17-9-7-8(12(13,14)15)3-4-10(9)19-11/h3-4,7H,2,5-6H2,1H3,(H,16,17). The average Bonchev–Trinajstić information content (AvgIpc) is 2.74. The molecule has 0 aliphatic heterocycles. The van der Waals surface area contributed by atoms with Gasteiger partial charge in [-0.25, -0.2) is 4.98 Å². The van der Waals surface area contributed by atoms with Crippen LogP contribution in [0.4, 0.5) is 18.3 Å². The van der Waals surface area contributed by atoms with Gasteiger partial charge in [0, 0.05) is 29.4 Å². The molecule has 1 heterocycles. The summed E-state index contributed by atoms with van der Waals surface area (Å²) in [6, 6.07) is 3.55. The summed E-state index contributed by atoms with van der Waals surface area (Å²) in [6.07, 6.45) is -1.99. The lowest BCUT2D eigenvalue weighted by molar-refractivity contribution is -0.137. The number of halogens is 3. The molecule has 0 aliphatic rings. The summed E-state index contributed by atoms with van der Waals surface area (Å²) in [5.74, 6) is 0.593. The first-order chi connectivity index (χ1) is 9.36. The van der Waals surface area contributed by atoms with Crippen LogP contribution in [0.25, 0.3) is 10.2 Å². The summed E-state index contributed by atoms with van der Waals surface area (Å²) in [5, 5.41) is 3.62. The number of fused-ring (bicyclic) bond motifs is 1. The van der Waals surface area contributed by atoms with Crippen molar-refractivity contribution in [3.63, 3.8) is 0 Å². The zero-order valence-electron chi connectivity index (χ0n) is 10.7. The maximum atomic E-state index is 12.6. The van der Waals surface area contributed by atoms with E-state index < -0.39 is 22.5 Å². The zero-order valence-corrected chi connectivity index (χ0v) is 12.3. The minimum Gasteiger partial charge on any atom is -0.361 e. The van der Waals surface area contributed by atoms with Gasteiger partial charge in [0.1, 0.15) is 0 Å². The number of rotatable bonds is 5. The predicted molar refractivity (Wildman–Crippen MR) is 76.7 cm³/mol. The summed E-state index contributed by atoms with van der Waals surface area (Å²) < 4.78 is 49.3. The molecular formula is C12H13F3N2OS2. The second-order valence-electron chi connectivity index (χ2n) is 4.26. The lowest BCUT2D eigenvalue weighted by Crippen LogP contribution is -2.05. The van der Waals surface area contributed by atoms with E-state index in [1.165, 1.54) is 17.4 Å². The third-order valence-electron chi connectivity index (χ3n) is 2.60. The van der Waals surface area contributed by atoms with Gasteiger partial charge in [0.05, 0.1) is 15.8 Å². The Balaban J connectivity index is 2.07. The number of nitrogens with zero attached hydrogens (tertiary/aromatic N) is 1. The summed E-state index contributed by atoms with van der Waals surface area (Å²) >= 11 is 1.31. The second-order valence-corrected chi connectivity index (χ2v) is 6.84. The Morgan fingerprint density at radius 2 is 2.15 bits per heavy atom. The molecule has 1 aromatic heterocycles. The van der Waals surface area contributed by atoms with Crippen molar-refractivity contribution in [1.82, 2.24) is 4.98 Å². The number of thiazole rings is 1. The van der Waals surface area contributed by atoms with Crippen LogP contribution in [0.3, 0.4) is 0 Å². The molecule has 110 valence electrons. The Kier molecular flexibility index (Phi) is 4.64. The molecule has 0 aliphatic carbocycles. The van der Waals surface area contributed by atoms with Gasteiger partial charge >= 0.3 is 6.18 Å². The number of benzene rings is 1. The van der Waals surface area contributed by atoms with Crippen LogP contribution in [0.2, 0.25) is 0 Å². The zero-order chi connectivity index (χ0) is 14.8. The first-order valence-electron chi connectivity index (χ1n) is 5.88. The fraction of sp³-hybridized carbons (Fsp3) is 0.417. The Labute approximate surface area is 120 Å². The predicted octanol–water partition coefficient (Wildman–Crippen LogP) is 3.50. The van der Waals surface area contributed by atoms with E-state index in [1.807, 2.05) is 0 Å². The van der Waals surface area contributed by atoms with E-state index in [0.29, 0.717) is 27.6 Å². The van der Waals surface area contributed by atoms with Gasteiger partial charge in [0.2, 0.25) is 0 Å². The highest BCUT2D eigenvalue weighted by atomic mass is 32.2. The third kappa shape index (κ3) is 3.92. The lowest BCUT2D eigenvalue weighted by Gasteiger charge is -2.04. The molecule has 8 heteroatoms. The highest BCUT2D eigenvalue weighted by Gasteiger charge is 2.30. The van der Waals surface area contributed by atoms with Gasteiger partial charge in [-0.3, -0.25) is 4.21 Å². The molecule has 1 unspecified atom stereocenters. The van der Waals surface area contributed by atoms with Gasteiger partial charge in [-0.1, -0.05) is 11.3 Å². The van der Waals surface area contributed by atoms with Gasteiger partial charge in [-0.15, -0.1) is 0 Å². The van der Waals surface area contributed by atoms with Crippen molar-refractivity contribution in [3.05, 3.63) is 23.8 Å². The molecule has 20 heavy (non-hydrogen) atoms. The monoisotopic (exact) mass is 322 g/mol. The van der Waals surface area contributed by atoms with E-state index in [2.05, 4.69) is 10.3 Å². The highest BCUT2D eigenvalue weighted by molar-refractivity contribution is 7.84. The van der Waals surface area contributed by atoms with Crippen LogP contribution < -0.4 is 5.32 Å². The lowest BCUT2D eigenvalue weighted by atomic mass is 10.2. The number of anilines is 1. The number of aromatic nitrogens is 1. The number of hydrogen-bond donors (Lipinski definition) is 1. The molecule has 3 nitrogen and oxygen atoms in total. The van der Waals surface area contributed by atoms with Crippen molar-refractivity contribution in [3.8, 4) is 0 Å². The van der Waals surface area contributed by atoms with Crippen LogP contribution in [-0.2, 0) is 17.0 Å². The molecular weight excluding hydrogens is 309 g/mol. The average molecular weight is 322 g/mol. The van der Waals surface area contributed by atoms with Crippen LogP contribution in [0, 0.1) is 0 Å². The second kappa shape index (κ2) is 6.09. The molecule has 0 fully saturated rings. The van der Waals surface area contributed by atoms with E-state index >= 15 is 0 Å². The third-order valence-corrected chi connectivity index (χ3v) is 4.46. The quantitative estimate of drug-likeness (QED) is 0.857. The van der Waals surface area contributed by atoms with Crippen LogP contribution in [0.15, 0.2) is 18.2 Å². The molecule has 1 atom stereocenters. The van der Waals surface area contributed by atoms with Crippen LogP contribution in [0.5, 0.6) is 0 Å². The molecule has 0 spiro atoms. The van der Waals surface area contributed by atoms with Crippen molar-refractivity contribution in [2.24, 2.45) is 0 Å². The Morgan fingerprint density at radius 1 is 1.40 bits per heavy atom. The van der Waals surface area contributed by atoms with Gasteiger partial charge < -0.3 is 5.32 Å². The molecule has 1 N–H and O–H groups in total. The fourth-order valence-electron chi connectivity index (χ4n) is 1.65. The van der Waals surface area contributed by atoms with E-state index in [4.69, 9.17) is 0 Å². The molecule has 2 aromatic rings. The summed E-state index contributed by atoms with van der Waals surface area (Å²) in [6.45, 7) is 0.603. The maximum Gasteiger partial charge on any atom is 0.416 e. The molecule has 0 saturated heterocycles. The minimum absolute atomic E-state index is 0.339. The minimum atomic E-state index is -4.35. The van der Waals surface area contributed by atoms with Crippen molar-refractivity contribution in [2.75, 3.05) is 23.9 Å². The van der Waals surface area contributed by atoms with E-state index in [9.17, 15) is 17.4 Å². The summed E-state index contributed by atoms with van der Waals surface area (Å²) in [4.78, 5) is 4.14. The van der Waals surface area contributed by atoms with E-state index in [-0.39, 0.29) is 0 Å². The normalized spacial score (nSPS) is 13.6. The molecule has 0 amide bonds. The van der Waals surface area contributed by atoms with Crippen molar-refractivity contribution in [2.45, 2.75) is 12.6 Å². The molecule has 1 aromatic carbocycles. The van der Waals surface area contributed by atoms with Gasteiger partial charge in [0.15, 0.2) is 5.13 Å². The molecule has 0 radical (unpaired) electrons. The Bertz CT molecular complexity index is 625. The van der Waals surface area contributed by atoms with Crippen molar-refractivity contribution < 1.29 is 17.4 Å². The van der Waals surface area contributed by atoms with Gasteiger partial charge in [0.25, 0.3) is 0 Å². The summed E-state index contributed by atoms with van der Waals surface area (Å²) in [5.41, 5.74) is -0.352. The van der Waals surface area contributed by atoms with Crippen molar-refractivity contribution >= 4 is 37.5 Å². The first-order valence-corrected chi connectivity index (χ1v) is 8.42. The molecule has 0 bridgehead atoms. The van der Waals surface area contributed by atoms with Crippen LogP contribution in [-0.4, -0.2) is 27.7 Å². The van der Waals surface area contributed by atoms with Gasteiger partial charge in [-0.05, 0) is 24.6 Å². The van der Waals surface area contributed by atoms with E-state index in [1.54, 1.807) is 6.26 Å². The number of hydrogen-bond acceptors (Lipinski definition) is 4. The number of nitrogens with one attached hydrogen (secondary N) is 1. The topological polar surface area (TPSA) is 42.0 Å². The highest BCUT2D eigenvalue weighted by Crippen LogP contribution is 2.33. The summed E-state index contributed by atoms with van der Waals surface area (Å²) in [7, 11) is -0.833. The Hall–Kier alpha value is -1.15. The number of alkyl halides is 3.